The van der Waals surface area contributed by atoms with Crippen molar-refractivity contribution >= 4 is 29.1 Å². The van der Waals surface area contributed by atoms with Crippen LogP contribution < -0.4 is 16.6 Å². The lowest BCUT2D eigenvalue weighted by molar-refractivity contribution is -0.141. The fraction of sp³-hybridized carbons (Fsp3) is 0.312. The van der Waals surface area contributed by atoms with Crippen molar-refractivity contribution in [2.45, 2.75) is 33.5 Å². The van der Waals surface area contributed by atoms with Crippen molar-refractivity contribution in [2.75, 3.05) is 5.32 Å². The van der Waals surface area contributed by atoms with E-state index in [9.17, 15) is 22.8 Å². The number of anilines is 1. The van der Waals surface area contributed by atoms with Crippen LogP contribution in [-0.4, -0.2) is 21.6 Å². The number of benzene rings is 1. The van der Waals surface area contributed by atoms with E-state index in [2.05, 4.69) is 10.4 Å². The summed E-state index contributed by atoms with van der Waals surface area (Å²) in [6.45, 7) is 4.36. The molecule has 0 atom stereocenters. The van der Waals surface area contributed by atoms with E-state index in [-0.39, 0.29) is 34.1 Å². The van der Waals surface area contributed by atoms with Gasteiger partial charge in [-0.15, -0.1) is 0 Å². The lowest BCUT2D eigenvalue weighted by atomic mass is 10.1. The van der Waals surface area contributed by atoms with Crippen molar-refractivity contribution < 1.29 is 22.8 Å². The molecule has 27 heavy (non-hydrogen) atoms. The molecular formula is C16H17ClF3N5O2. The quantitative estimate of drug-likeness (QED) is 0.415. The second-order valence-electron chi connectivity index (χ2n) is 5.71. The van der Waals surface area contributed by atoms with Gasteiger partial charge in [-0.1, -0.05) is 11.6 Å². The zero-order valence-electron chi connectivity index (χ0n) is 14.7. The average molecular weight is 404 g/mol. The molecule has 0 aliphatic carbocycles. The number of carbonyl (C=O) groups excluding carboxylic acids is 2. The second kappa shape index (κ2) is 7.57. The van der Waals surface area contributed by atoms with Crippen molar-refractivity contribution in [3.8, 4) is 0 Å². The van der Waals surface area contributed by atoms with Crippen molar-refractivity contribution in [1.29, 1.82) is 0 Å². The van der Waals surface area contributed by atoms with Crippen molar-refractivity contribution in [2.24, 2.45) is 5.84 Å². The molecule has 146 valence electrons. The Kier molecular flexibility index (Phi) is 5.81. The van der Waals surface area contributed by atoms with Crippen LogP contribution in [0.2, 0.25) is 5.02 Å². The fourth-order valence-electron chi connectivity index (χ4n) is 2.68. The first-order valence-corrected chi connectivity index (χ1v) is 8.16. The highest BCUT2D eigenvalue weighted by Crippen LogP contribution is 2.33. The van der Waals surface area contributed by atoms with Crippen LogP contribution in [0.25, 0.3) is 0 Å². The molecule has 0 aliphatic rings. The summed E-state index contributed by atoms with van der Waals surface area (Å²) in [6, 6.07) is 2.78. The van der Waals surface area contributed by atoms with E-state index in [0.717, 1.165) is 4.68 Å². The summed E-state index contributed by atoms with van der Waals surface area (Å²) in [5.41, 5.74) is 0.738. The molecule has 7 nitrogen and oxygen atoms in total. The van der Waals surface area contributed by atoms with Crippen LogP contribution in [0.15, 0.2) is 12.1 Å². The molecular weight excluding hydrogens is 387 g/mol. The number of carbonyl (C=O) groups is 2. The van der Waals surface area contributed by atoms with Gasteiger partial charge in [0.1, 0.15) is 5.69 Å². The van der Waals surface area contributed by atoms with E-state index in [1.807, 2.05) is 5.43 Å². The third-order valence-corrected chi connectivity index (χ3v) is 4.11. The van der Waals surface area contributed by atoms with Gasteiger partial charge in [0.15, 0.2) is 5.69 Å². The number of aromatic nitrogens is 2. The SMILES string of the molecule is CCn1nc(C(F)(F)F)c(C)c1C(=O)Nc1c(C)cc(Cl)cc1C(=O)NN. The molecule has 0 spiro atoms. The highest BCUT2D eigenvalue weighted by Gasteiger charge is 2.39. The lowest BCUT2D eigenvalue weighted by Crippen LogP contribution is -2.31. The Balaban J connectivity index is 2.54. The number of nitrogen functional groups attached to an aromatic ring is 1. The Labute approximate surface area is 157 Å². The highest BCUT2D eigenvalue weighted by atomic mass is 35.5. The smallest absolute Gasteiger partial charge is 0.320 e. The summed E-state index contributed by atoms with van der Waals surface area (Å²) >= 11 is 5.93. The Morgan fingerprint density at radius 3 is 2.41 bits per heavy atom. The number of aryl methyl sites for hydroxylation is 2. The molecule has 1 heterocycles. The minimum atomic E-state index is -4.69. The third kappa shape index (κ3) is 4.06. The minimum absolute atomic E-state index is 0.0212. The molecule has 0 unspecified atom stereocenters. The number of hydrogen-bond acceptors (Lipinski definition) is 4. The van der Waals surface area contributed by atoms with Crippen LogP contribution in [0.3, 0.4) is 0 Å². The molecule has 2 amide bonds. The third-order valence-electron chi connectivity index (χ3n) is 3.89. The number of nitrogens with one attached hydrogen (secondary N) is 2. The van der Waals surface area contributed by atoms with Crippen LogP contribution >= 0.6 is 11.6 Å². The lowest BCUT2D eigenvalue weighted by Gasteiger charge is -2.14. The summed E-state index contributed by atoms with van der Waals surface area (Å²) in [6.07, 6.45) is -4.69. The first kappa shape index (κ1) is 20.7. The van der Waals surface area contributed by atoms with E-state index >= 15 is 0 Å². The van der Waals surface area contributed by atoms with Crippen molar-refractivity contribution in [1.82, 2.24) is 15.2 Å². The Hall–Kier alpha value is -2.59. The summed E-state index contributed by atoms with van der Waals surface area (Å²) < 4.78 is 40.3. The Morgan fingerprint density at radius 1 is 1.26 bits per heavy atom. The van der Waals surface area contributed by atoms with E-state index in [1.165, 1.54) is 19.1 Å². The average Bonchev–Trinajstić information content (AvgIpc) is 2.92. The van der Waals surface area contributed by atoms with E-state index in [0.29, 0.717) is 5.56 Å². The minimum Gasteiger partial charge on any atom is -0.320 e. The van der Waals surface area contributed by atoms with E-state index < -0.39 is 23.7 Å². The molecule has 2 rings (SSSR count). The summed E-state index contributed by atoms with van der Waals surface area (Å²) in [4.78, 5) is 24.7. The van der Waals surface area contributed by atoms with E-state index in [1.54, 1.807) is 13.8 Å². The van der Waals surface area contributed by atoms with Crippen LogP contribution in [0.4, 0.5) is 18.9 Å². The number of rotatable bonds is 4. The maximum absolute atomic E-state index is 13.1. The predicted molar refractivity (Wildman–Crippen MR) is 93.4 cm³/mol. The summed E-state index contributed by atoms with van der Waals surface area (Å²) in [7, 11) is 0. The molecule has 0 fully saturated rings. The van der Waals surface area contributed by atoms with Gasteiger partial charge in [0.25, 0.3) is 11.8 Å². The number of nitrogens with two attached hydrogens (primary N) is 1. The highest BCUT2D eigenvalue weighted by molar-refractivity contribution is 6.31. The Bertz CT molecular complexity index is 908. The number of hydrogen-bond donors (Lipinski definition) is 3. The first-order valence-electron chi connectivity index (χ1n) is 7.78. The fourth-order valence-corrected chi connectivity index (χ4v) is 2.95. The predicted octanol–water partition coefficient (Wildman–Crippen LogP) is 3.05. The van der Waals surface area contributed by atoms with Gasteiger partial charge in [0.05, 0.1) is 11.3 Å². The molecule has 1 aromatic carbocycles. The number of amides is 2. The number of nitrogens with zero attached hydrogens (tertiary/aromatic N) is 2. The zero-order valence-corrected chi connectivity index (χ0v) is 15.4. The van der Waals surface area contributed by atoms with E-state index in [4.69, 9.17) is 17.4 Å². The number of alkyl halides is 3. The molecule has 2 aromatic rings. The summed E-state index contributed by atoms with van der Waals surface area (Å²) in [5, 5.41) is 6.19. The van der Waals surface area contributed by atoms with Gasteiger partial charge in [0, 0.05) is 17.1 Å². The maximum Gasteiger partial charge on any atom is 0.435 e. The van der Waals surface area contributed by atoms with Gasteiger partial charge in [0.2, 0.25) is 0 Å². The van der Waals surface area contributed by atoms with Gasteiger partial charge in [-0.25, -0.2) is 5.84 Å². The standard InChI is InChI=1S/C16H17ClF3N5O2/c1-4-25-12(8(3)13(24-25)16(18,19)20)15(27)22-11-7(2)5-9(17)6-10(11)14(26)23-21/h5-6H,4,21H2,1-3H3,(H,22,27)(H,23,26). The van der Waals surface area contributed by atoms with Gasteiger partial charge >= 0.3 is 6.18 Å². The molecule has 0 bridgehead atoms. The van der Waals surface area contributed by atoms with Gasteiger partial charge in [-0.05, 0) is 38.5 Å². The van der Waals surface area contributed by atoms with Crippen LogP contribution in [0.1, 0.15) is 44.6 Å². The van der Waals surface area contributed by atoms with Crippen LogP contribution in [-0.2, 0) is 12.7 Å². The molecule has 4 N–H and O–H groups in total. The molecule has 0 aliphatic heterocycles. The topological polar surface area (TPSA) is 102 Å². The molecule has 11 heteroatoms. The van der Waals surface area contributed by atoms with Gasteiger partial charge in [-0.3, -0.25) is 19.7 Å². The molecule has 1 aromatic heterocycles. The largest absolute Gasteiger partial charge is 0.435 e. The van der Waals surface area contributed by atoms with Crippen molar-refractivity contribution in [3.05, 3.63) is 45.2 Å². The molecule has 0 saturated heterocycles. The van der Waals surface area contributed by atoms with Gasteiger partial charge in [-0.2, -0.15) is 18.3 Å². The summed E-state index contributed by atoms with van der Waals surface area (Å²) in [5.74, 6) is 3.59. The first-order chi connectivity index (χ1) is 12.5. The number of halogens is 4. The second-order valence-corrected chi connectivity index (χ2v) is 6.15. The molecule has 0 saturated carbocycles. The normalized spacial score (nSPS) is 11.4. The van der Waals surface area contributed by atoms with Crippen LogP contribution in [0.5, 0.6) is 0 Å². The number of hydrazine groups is 1. The Morgan fingerprint density at radius 2 is 1.89 bits per heavy atom. The van der Waals surface area contributed by atoms with Crippen molar-refractivity contribution in [3.63, 3.8) is 0 Å². The monoisotopic (exact) mass is 403 g/mol. The zero-order chi connectivity index (χ0) is 20.5. The van der Waals surface area contributed by atoms with Gasteiger partial charge < -0.3 is 5.32 Å². The molecule has 0 radical (unpaired) electrons. The maximum atomic E-state index is 13.1. The van der Waals surface area contributed by atoms with Crippen LogP contribution in [0, 0.1) is 13.8 Å².